The maximum absolute atomic E-state index is 5.79. The molecule has 0 bridgehead atoms. The first kappa shape index (κ1) is 13.6. The molecule has 0 amide bonds. The molecule has 0 saturated carbocycles. The molecular formula is C16H18N2S. The first-order chi connectivity index (χ1) is 8.99. The third-order valence-electron chi connectivity index (χ3n) is 3.18. The topological polar surface area (TPSA) is 38.0 Å². The summed E-state index contributed by atoms with van der Waals surface area (Å²) in [7, 11) is 0. The summed E-state index contributed by atoms with van der Waals surface area (Å²) < 4.78 is 0. The van der Waals surface area contributed by atoms with Crippen LogP contribution in [0.5, 0.6) is 0 Å². The standard InChI is InChI=1S/C16H18N2S/c1-10-7-8-14(12(3)9-10)18-15-11(2)5-4-6-13(15)16(17)19/h4-9,18H,1-3H3,(H2,17,19). The lowest BCUT2D eigenvalue weighted by Crippen LogP contribution is -2.13. The summed E-state index contributed by atoms with van der Waals surface area (Å²) in [6, 6.07) is 12.3. The minimum atomic E-state index is 0.413. The number of para-hydroxylation sites is 1. The van der Waals surface area contributed by atoms with Gasteiger partial charge in [0, 0.05) is 11.3 Å². The fraction of sp³-hybridized carbons (Fsp3) is 0.188. The lowest BCUT2D eigenvalue weighted by atomic mass is 10.1. The van der Waals surface area contributed by atoms with Crippen molar-refractivity contribution in [2.24, 2.45) is 5.73 Å². The summed E-state index contributed by atoms with van der Waals surface area (Å²) in [5, 5.41) is 3.45. The number of rotatable bonds is 3. The van der Waals surface area contributed by atoms with Crippen molar-refractivity contribution < 1.29 is 0 Å². The lowest BCUT2D eigenvalue weighted by Gasteiger charge is -2.16. The average Bonchev–Trinajstić information content (AvgIpc) is 2.34. The van der Waals surface area contributed by atoms with Gasteiger partial charge in [0.15, 0.2) is 0 Å². The van der Waals surface area contributed by atoms with Crippen LogP contribution in [-0.2, 0) is 0 Å². The molecule has 0 aliphatic heterocycles. The van der Waals surface area contributed by atoms with Crippen LogP contribution in [-0.4, -0.2) is 4.99 Å². The molecular weight excluding hydrogens is 252 g/mol. The van der Waals surface area contributed by atoms with Gasteiger partial charge in [-0.3, -0.25) is 0 Å². The van der Waals surface area contributed by atoms with Gasteiger partial charge in [-0.1, -0.05) is 42.0 Å². The summed E-state index contributed by atoms with van der Waals surface area (Å²) >= 11 is 5.12. The normalized spacial score (nSPS) is 10.3. The van der Waals surface area contributed by atoms with Gasteiger partial charge < -0.3 is 11.1 Å². The van der Waals surface area contributed by atoms with Crippen LogP contribution >= 0.6 is 12.2 Å². The molecule has 0 atom stereocenters. The summed E-state index contributed by atoms with van der Waals surface area (Å²) in [4.78, 5) is 0.413. The highest BCUT2D eigenvalue weighted by atomic mass is 32.1. The summed E-state index contributed by atoms with van der Waals surface area (Å²) in [6.45, 7) is 6.23. The van der Waals surface area contributed by atoms with E-state index in [0.717, 1.165) is 22.5 Å². The highest BCUT2D eigenvalue weighted by Gasteiger charge is 2.09. The Hall–Kier alpha value is -1.87. The van der Waals surface area contributed by atoms with E-state index in [9.17, 15) is 0 Å². The van der Waals surface area contributed by atoms with Crippen molar-refractivity contribution in [3.8, 4) is 0 Å². The zero-order valence-electron chi connectivity index (χ0n) is 11.4. The molecule has 3 heteroatoms. The van der Waals surface area contributed by atoms with Gasteiger partial charge >= 0.3 is 0 Å². The first-order valence-electron chi connectivity index (χ1n) is 6.22. The summed E-state index contributed by atoms with van der Waals surface area (Å²) in [5.74, 6) is 0. The Kier molecular flexibility index (Phi) is 3.86. The third-order valence-corrected chi connectivity index (χ3v) is 3.40. The second-order valence-corrected chi connectivity index (χ2v) is 5.24. The quantitative estimate of drug-likeness (QED) is 0.828. The Bertz CT molecular complexity index is 633. The molecule has 2 aromatic rings. The second-order valence-electron chi connectivity index (χ2n) is 4.81. The predicted octanol–water partition coefficient (Wildman–Crippen LogP) is 3.99. The molecule has 2 nitrogen and oxygen atoms in total. The number of thiocarbonyl (C=S) groups is 1. The molecule has 0 radical (unpaired) electrons. The third kappa shape index (κ3) is 2.93. The van der Waals surface area contributed by atoms with Crippen molar-refractivity contribution in [3.63, 3.8) is 0 Å². The van der Waals surface area contributed by atoms with Gasteiger partial charge in [-0.05, 0) is 44.0 Å². The number of aryl methyl sites for hydroxylation is 3. The van der Waals surface area contributed by atoms with Crippen LogP contribution in [0.15, 0.2) is 36.4 Å². The van der Waals surface area contributed by atoms with Crippen molar-refractivity contribution in [2.75, 3.05) is 5.32 Å². The number of hydrogen-bond donors (Lipinski definition) is 2. The van der Waals surface area contributed by atoms with E-state index in [4.69, 9.17) is 18.0 Å². The molecule has 0 spiro atoms. The van der Waals surface area contributed by atoms with Gasteiger partial charge in [-0.25, -0.2) is 0 Å². The van der Waals surface area contributed by atoms with E-state index in [1.54, 1.807) is 0 Å². The fourth-order valence-corrected chi connectivity index (χ4v) is 2.30. The Labute approximate surface area is 119 Å². The van der Waals surface area contributed by atoms with E-state index in [1.807, 2.05) is 25.1 Å². The van der Waals surface area contributed by atoms with Crippen LogP contribution in [0.1, 0.15) is 22.3 Å². The largest absolute Gasteiger partial charge is 0.389 e. The Morgan fingerprint density at radius 1 is 1.05 bits per heavy atom. The van der Waals surface area contributed by atoms with E-state index in [1.165, 1.54) is 11.1 Å². The highest BCUT2D eigenvalue weighted by Crippen LogP contribution is 2.27. The minimum absolute atomic E-state index is 0.413. The summed E-state index contributed by atoms with van der Waals surface area (Å²) in [5.41, 5.74) is 12.3. The van der Waals surface area contributed by atoms with E-state index in [-0.39, 0.29) is 0 Å². The van der Waals surface area contributed by atoms with Crippen LogP contribution in [0.2, 0.25) is 0 Å². The van der Waals surface area contributed by atoms with Gasteiger partial charge in [0.2, 0.25) is 0 Å². The maximum atomic E-state index is 5.79. The molecule has 19 heavy (non-hydrogen) atoms. The van der Waals surface area contributed by atoms with Gasteiger partial charge in [-0.2, -0.15) is 0 Å². The minimum Gasteiger partial charge on any atom is -0.389 e. The second kappa shape index (κ2) is 5.41. The molecule has 0 heterocycles. The molecule has 3 N–H and O–H groups in total. The van der Waals surface area contributed by atoms with Crippen LogP contribution in [0, 0.1) is 20.8 Å². The van der Waals surface area contributed by atoms with E-state index < -0.39 is 0 Å². The van der Waals surface area contributed by atoms with Crippen molar-refractivity contribution in [3.05, 3.63) is 58.7 Å². The van der Waals surface area contributed by atoms with Crippen molar-refractivity contribution in [1.29, 1.82) is 0 Å². The highest BCUT2D eigenvalue weighted by molar-refractivity contribution is 7.80. The molecule has 98 valence electrons. The number of anilines is 2. The number of nitrogens with two attached hydrogens (primary N) is 1. The number of benzene rings is 2. The zero-order valence-corrected chi connectivity index (χ0v) is 12.3. The first-order valence-corrected chi connectivity index (χ1v) is 6.63. The lowest BCUT2D eigenvalue weighted by molar-refractivity contribution is 1.35. The number of nitrogens with one attached hydrogen (secondary N) is 1. The monoisotopic (exact) mass is 270 g/mol. The van der Waals surface area contributed by atoms with Gasteiger partial charge in [0.05, 0.1) is 5.69 Å². The van der Waals surface area contributed by atoms with Crippen molar-refractivity contribution >= 4 is 28.6 Å². The molecule has 0 saturated heterocycles. The van der Waals surface area contributed by atoms with E-state index in [2.05, 4.69) is 37.4 Å². The smallest absolute Gasteiger partial charge is 0.106 e. The van der Waals surface area contributed by atoms with Crippen LogP contribution in [0.3, 0.4) is 0 Å². The SMILES string of the molecule is Cc1ccc(Nc2c(C)cccc2C(N)=S)c(C)c1. The van der Waals surface area contributed by atoms with Gasteiger partial charge in [0.25, 0.3) is 0 Å². The van der Waals surface area contributed by atoms with Crippen molar-refractivity contribution in [2.45, 2.75) is 20.8 Å². The predicted molar refractivity (Wildman–Crippen MR) is 86.3 cm³/mol. The maximum Gasteiger partial charge on any atom is 0.106 e. The number of hydrogen-bond acceptors (Lipinski definition) is 2. The van der Waals surface area contributed by atoms with Crippen LogP contribution in [0.25, 0.3) is 0 Å². The molecule has 2 rings (SSSR count). The zero-order chi connectivity index (χ0) is 14.0. The molecule has 0 aliphatic rings. The molecule has 0 fully saturated rings. The molecule has 0 unspecified atom stereocenters. The average molecular weight is 270 g/mol. The van der Waals surface area contributed by atoms with E-state index >= 15 is 0 Å². The van der Waals surface area contributed by atoms with Crippen LogP contribution < -0.4 is 11.1 Å². The Morgan fingerprint density at radius 2 is 1.79 bits per heavy atom. The Balaban J connectivity index is 2.46. The summed E-state index contributed by atoms with van der Waals surface area (Å²) in [6.07, 6.45) is 0. The van der Waals surface area contributed by atoms with E-state index in [0.29, 0.717) is 4.99 Å². The van der Waals surface area contributed by atoms with Gasteiger partial charge in [0.1, 0.15) is 4.99 Å². The molecule has 0 aliphatic carbocycles. The molecule has 2 aromatic carbocycles. The molecule has 0 aromatic heterocycles. The van der Waals surface area contributed by atoms with Gasteiger partial charge in [-0.15, -0.1) is 0 Å². The van der Waals surface area contributed by atoms with Crippen LogP contribution in [0.4, 0.5) is 11.4 Å². The van der Waals surface area contributed by atoms with Crippen molar-refractivity contribution in [1.82, 2.24) is 0 Å². The Morgan fingerprint density at radius 3 is 2.42 bits per heavy atom. The fourth-order valence-electron chi connectivity index (χ4n) is 2.13.